The van der Waals surface area contributed by atoms with Gasteiger partial charge in [-0.05, 0) is 0 Å². The molecule has 3 amide bonds. The van der Waals surface area contributed by atoms with Gasteiger partial charge in [0.25, 0.3) is 0 Å². The SMILES string of the molecule is CC(=O)N[C@H]1[C@@H](O[C@H]2[C@H](O)[C@@H](O)[C@H](O[C@H]3[C@H](O)[C@@H](NC(C)=O)C(O)O[C@@H]3CO)O[C@@H]2C(=O)O)O[C@H](COS(=O)(=O)O)[C@@H](O[C@@H]2O[C@H](C(=O)O)[C@@H](O[C@H]3O[C@H](COS(=O)(=O)O)[C@@H](O)[C@H](O)[C@H]3NC(C)=O)[C@H](O)[C@H]2O)[C@@H]1O. The van der Waals surface area contributed by atoms with Crippen LogP contribution in [-0.2, 0) is 95.8 Å². The number of carboxylic acid groups (broad SMARTS) is 2. The Kier molecular flexibility index (Phi) is 21.1. The summed E-state index contributed by atoms with van der Waals surface area (Å²) in [6.45, 7) is -0.931. The van der Waals surface area contributed by atoms with Crippen molar-refractivity contribution >= 4 is 50.5 Å². The van der Waals surface area contributed by atoms with Crippen LogP contribution >= 0.6 is 0 Å². The lowest BCUT2D eigenvalue weighted by molar-refractivity contribution is -0.375. The summed E-state index contributed by atoms with van der Waals surface area (Å²) >= 11 is 0. The number of carboxylic acids is 2. The number of rotatable bonds is 20. The molecule has 0 saturated carbocycles. The fourth-order valence-electron chi connectivity index (χ4n) is 8.47. The van der Waals surface area contributed by atoms with E-state index in [1.807, 2.05) is 0 Å². The highest BCUT2D eigenvalue weighted by atomic mass is 32.3. The van der Waals surface area contributed by atoms with Gasteiger partial charge in [-0.1, -0.05) is 0 Å². The lowest BCUT2D eigenvalue weighted by Gasteiger charge is -2.50. The van der Waals surface area contributed by atoms with Gasteiger partial charge in [0, 0.05) is 20.8 Å². The van der Waals surface area contributed by atoms with Gasteiger partial charge in [0.15, 0.2) is 43.7 Å². The maximum atomic E-state index is 12.7. The number of aliphatic carboxylic acids is 2. The number of amides is 3. The Morgan fingerprint density at radius 3 is 1.20 bits per heavy atom. The number of carbonyl (C=O) groups excluding carboxylic acids is 3. The van der Waals surface area contributed by atoms with E-state index < -0.39 is 224 Å². The molecule has 5 rings (SSSR count). The van der Waals surface area contributed by atoms with Gasteiger partial charge >= 0.3 is 32.7 Å². The van der Waals surface area contributed by atoms with Gasteiger partial charge in [-0.2, -0.15) is 16.8 Å². The van der Waals surface area contributed by atoms with Crippen LogP contribution in [0, 0.1) is 0 Å². The molecule has 75 heavy (non-hydrogen) atoms. The third-order valence-electron chi connectivity index (χ3n) is 11.9. The first-order valence-electron chi connectivity index (χ1n) is 21.9. The Morgan fingerprint density at radius 2 is 0.800 bits per heavy atom. The van der Waals surface area contributed by atoms with Gasteiger partial charge in [0.2, 0.25) is 17.7 Å². The van der Waals surface area contributed by atoms with Gasteiger partial charge in [0.1, 0.15) is 110 Å². The molecule has 17 N–H and O–H groups in total. The molecule has 0 aromatic rings. The van der Waals surface area contributed by atoms with E-state index in [9.17, 15) is 107 Å². The van der Waals surface area contributed by atoms with E-state index in [1.165, 1.54) is 0 Å². The second kappa shape index (κ2) is 25.4. The molecule has 0 aromatic heterocycles. The van der Waals surface area contributed by atoms with E-state index >= 15 is 0 Å². The van der Waals surface area contributed by atoms with Crippen molar-refractivity contribution in [3.63, 3.8) is 0 Å². The van der Waals surface area contributed by atoms with Crippen molar-refractivity contribution in [3.8, 4) is 0 Å². The molecule has 39 heteroatoms. The molecule has 37 nitrogen and oxygen atoms in total. The lowest BCUT2D eigenvalue weighted by Crippen LogP contribution is -2.70. The van der Waals surface area contributed by atoms with Crippen molar-refractivity contribution < 1.29 is 162 Å². The van der Waals surface area contributed by atoms with Crippen LogP contribution in [0.1, 0.15) is 20.8 Å². The zero-order valence-electron chi connectivity index (χ0n) is 38.8. The lowest BCUT2D eigenvalue weighted by atomic mass is 9.94. The summed E-state index contributed by atoms with van der Waals surface area (Å²) in [5, 5.41) is 136. The number of nitrogens with one attached hydrogen (secondary N) is 3. The van der Waals surface area contributed by atoms with Crippen molar-refractivity contribution in [1.29, 1.82) is 0 Å². The number of aliphatic hydroxyl groups excluding tert-OH is 10. The first-order valence-corrected chi connectivity index (χ1v) is 24.6. The maximum absolute atomic E-state index is 12.7. The zero-order valence-corrected chi connectivity index (χ0v) is 40.4. The van der Waals surface area contributed by atoms with Crippen molar-refractivity contribution in [2.75, 3.05) is 19.8 Å². The van der Waals surface area contributed by atoms with Crippen LogP contribution in [0.4, 0.5) is 0 Å². The Balaban J connectivity index is 1.41. The molecule has 0 radical (unpaired) electrons. The Labute approximate surface area is 421 Å². The average molecular weight is 1140 g/mol. The first-order chi connectivity index (χ1) is 34.7. The minimum Gasteiger partial charge on any atom is -0.479 e. The highest BCUT2D eigenvalue weighted by Crippen LogP contribution is 2.36. The molecule has 0 aromatic carbocycles. The maximum Gasteiger partial charge on any atom is 0.397 e. The minimum absolute atomic E-state index is 0.788. The molecule has 5 fully saturated rings. The molecule has 5 heterocycles. The van der Waals surface area contributed by atoms with Crippen LogP contribution in [-0.4, -0.2) is 290 Å². The normalized spacial score (nSPS) is 42.7. The van der Waals surface area contributed by atoms with Crippen LogP contribution in [0.5, 0.6) is 0 Å². The number of aliphatic hydroxyl groups is 10. The summed E-state index contributed by atoms with van der Waals surface area (Å²) in [6.07, 6.45) is -49.6. The van der Waals surface area contributed by atoms with Crippen LogP contribution in [0.3, 0.4) is 0 Å². The number of hydrogen-bond acceptors (Lipinski definition) is 30. The minimum atomic E-state index is -5.47. The molecule has 5 aliphatic heterocycles. The quantitative estimate of drug-likeness (QED) is 0.0503. The van der Waals surface area contributed by atoms with Crippen molar-refractivity contribution in [1.82, 2.24) is 16.0 Å². The molecular formula is C36H57N3O34S2. The fraction of sp³-hybridized carbons (Fsp3) is 0.861. The first kappa shape index (κ1) is 62.2. The van der Waals surface area contributed by atoms with Gasteiger partial charge in [-0.3, -0.25) is 23.5 Å². The van der Waals surface area contributed by atoms with E-state index in [0.717, 1.165) is 20.8 Å². The molecule has 5 aliphatic rings. The Morgan fingerprint density at radius 1 is 0.440 bits per heavy atom. The average Bonchev–Trinajstić information content (AvgIpc) is 3.29. The molecule has 0 bridgehead atoms. The monoisotopic (exact) mass is 1140 g/mol. The van der Waals surface area contributed by atoms with Gasteiger partial charge in [0.05, 0.1) is 19.8 Å². The third kappa shape index (κ3) is 15.3. The highest BCUT2D eigenvalue weighted by Gasteiger charge is 2.59. The predicted molar refractivity (Wildman–Crippen MR) is 223 cm³/mol. The molecule has 1 unspecified atom stereocenters. The van der Waals surface area contributed by atoms with Crippen LogP contribution < -0.4 is 16.0 Å². The Bertz CT molecular complexity index is 2230. The van der Waals surface area contributed by atoms with E-state index in [-0.39, 0.29) is 0 Å². The summed E-state index contributed by atoms with van der Waals surface area (Å²) < 4.78 is 123. The summed E-state index contributed by atoms with van der Waals surface area (Å²) in [5.74, 6) is -6.82. The smallest absolute Gasteiger partial charge is 0.397 e. The van der Waals surface area contributed by atoms with Crippen molar-refractivity contribution in [2.24, 2.45) is 0 Å². The van der Waals surface area contributed by atoms with Crippen LogP contribution in [0.25, 0.3) is 0 Å². The summed E-state index contributed by atoms with van der Waals surface area (Å²) in [7, 11) is -10.7. The highest BCUT2D eigenvalue weighted by molar-refractivity contribution is 7.81. The second-order valence-corrected chi connectivity index (χ2v) is 19.5. The van der Waals surface area contributed by atoms with E-state index in [2.05, 4.69) is 24.3 Å². The number of ether oxygens (including phenoxy) is 9. The van der Waals surface area contributed by atoms with Gasteiger partial charge < -0.3 is 120 Å². The second-order valence-electron chi connectivity index (χ2n) is 17.3. The predicted octanol–water partition coefficient (Wildman–Crippen LogP) is -11.7. The van der Waals surface area contributed by atoms with E-state index in [0.29, 0.717) is 0 Å². The van der Waals surface area contributed by atoms with Crippen LogP contribution in [0.15, 0.2) is 0 Å². The van der Waals surface area contributed by atoms with Crippen molar-refractivity contribution in [3.05, 3.63) is 0 Å². The van der Waals surface area contributed by atoms with Gasteiger partial charge in [-0.15, -0.1) is 0 Å². The Hall–Kier alpha value is -3.67. The van der Waals surface area contributed by atoms with Gasteiger partial charge in [-0.25, -0.2) is 18.0 Å². The zero-order chi connectivity index (χ0) is 56.3. The topological polar surface area (TPSA) is 574 Å². The molecule has 0 spiro atoms. The number of carbonyl (C=O) groups is 5. The summed E-state index contributed by atoms with van der Waals surface area (Å²) in [6, 6.07) is -5.62. The molecular weight excluding hydrogens is 1080 g/mol. The standard InChI is InChI=1S/C36H57N3O34S2/c1-7(41)37-13-18(46)24(10(4-40)65-32(13)56)68-35-22(50)20(48)27(29(72-35)31(54)55)71-34-15(39-9(3)43)19(47)25(12(67-34)6-64-75(60,61)62)69-36-23(51)21(49)26(28(73-36)30(52)53)70-33-14(38-8(2)42)17(45)16(44)11(66-33)5-63-74(57,58)59/h10-29,32-36,40,44-51,56H,4-6H2,1-3H3,(H,37,41)(H,38,42)(H,39,43)(H,52,53)(H,54,55)(H,57,58,59)(H,60,61,62)/t10-,11-,12-,13-,14-,15-,16-,17-,18-,19-,20-,21-,22-,23-,24-,25-,26+,27+,28+,29+,32?,33-,34-,35-,36-/m1/s1. The number of hydrogen-bond donors (Lipinski definition) is 17. The summed E-state index contributed by atoms with van der Waals surface area (Å²) in [4.78, 5) is 61.7. The molecule has 432 valence electrons. The van der Waals surface area contributed by atoms with Crippen molar-refractivity contribution in [2.45, 2.75) is 174 Å². The summed E-state index contributed by atoms with van der Waals surface area (Å²) in [5.41, 5.74) is 0. The molecule has 25 atom stereocenters. The largest absolute Gasteiger partial charge is 0.479 e. The fourth-order valence-corrected chi connectivity index (χ4v) is 9.08. The molecule has 0 aliphatic carbocycles. The third-order valence-corrected chi connectivity index (χ3v) is 12.7. The van der Waals surface area contributed by atoms with Crippen LogP contribution in [0.2, 0.25) is 0 Å². The van der Waals surface area contributed by atoms with E-state index in [4.69, 9.17) is 47.2 Å². The molecule has 5 saturated heterocycles. The van der Waals surface area contributed by atoms with E-state index in [1.54, 1.807) is 0 Å².